The van der Waals surface area contributed by atoms with Crippen LogP contribution >= 0.6 is 0 Å². The SMILES string of the molecule is CC(=O)N1CCCN(c2ccc(N=Cc3c(O)[nH]c4ccc(F)cc34)cc2F)CC1. The number of amides is 1. The zero-order valence-corrected chi connectivity index (χ0v) is 16.5. The van der Waals surface area contributed by atoms with Crippen LogP contribution in [0.5, 0.6) is 5.88 Å². The molecule has 1 aromatic heterocycles. The Hall–Kier alpha value is -3.42. The van der Waals surface area contributed by atoms with Crippen molar-refractivity contribution in [3.05, 3.63) is 53.6 Å². The molecule has 3 aromatic rings. The fraction of sp³-hybridized carbons (Fsp3) is 0.273. The van der Waals surface area contributed by atoms with Crippen LogP contribution in [0.1, 0.15) is 18.9 Å². The molecule has 0 saturated carbocycles. The molecule has 0 radical (unpaired) electrons. The van der Waals surface area contributed by atoms with Crippen molar-refractivity contribution in [2.75, 3.05) is 31.1 Å². The van der Waals surface area contributed by atoms with Crippen LogP contribution in [0.4, 0.5) is 20.2 Å². The van der Waals surface area contributed by atoms with Crippen LogP contribution in [0.25, 0.3) is 10.9 Å². The zero-order valence-electron chi connectivity index (χ0n) is 16.5. The van der Waals surface area contributed by atoms with Crippen molar-refractivity contribution in [2.45, 2.75) is 13.3 Å². The number of halogens is 2. The number of H-pyrrole nitrogens is 1. The minimum Gasteiger partial charge on any atom is -0.494 e. The van der Waals surface area contributed by atoms with Crippen molar-refractivity contribution < 1.29 is 18.7 Å². The molecule has 8 heteroatoms. The number of rotatable bonds is 3. The molecule has 0 bridgehead atoms. The molecular formula is C22H22F2N4O2. The second-order valence-electron chi connectivity index (χ2n) is 7.32. The van der Waals surface area contributed by atoms with Crippen molar-refractivity contribution in [3.63, 3.8) is 0 Å². The maximum absolute atomic E-state index is 14.8. The maximum atomic E-state index is 14.8. The molecule has 1 saturated heterocycles. The van der Waals surface area contributed by atoms with E-state index in [2.05, 4.69) is 9.98 Å². The number of anilines is 1. The van der Waals surface area contributed by atoms with Crippen LogP contribution in [0.15, 0.2) is 41.4 Å². The second-order valence-corrected chi connectivity index (χ2v) is 7.32. The van der Waals surface area contributed by atoms with Crippen molar-refractivity contribution >= 4 is 34.4 Å². The van der Waals surface area contributed by atoms with Crippen molar-refractivity contribution in [1.29, 1.82) is 0 Å². The Balaban J connectivity index is 1.55. The molecule has 30 heavy (non-hydrogen) atoms. The molecule has 2 N–H and O–H groups in total. The molecule has 6 nitrogen and oxygen atoms in total. The van der Waals surface area contributed by atoms with Crippen LogP contribution < -0.4 is 4.90 Å². The lowest BCUT2D eigenvalue weighted by atomic mass is 10.2. The number of aromatic hydroxyl groups is 1. The highest BCUT2D eigenvalue weighted by molar-refractivity contribution is 6.02. The van der Waals surface area contributed by atoms with E-state index >= 15 is 0 Å². The maximum Gasteiger partial charge on any atom is 0.219 e. The highest BCUT2D eigenvalue weighted by Gasteiger charge is 2.19. The summed E-state index contributed by atoms with van der Waals surface area (Å²) in [6, 6.07) is 8.82. The number of fused-ring (bicyclic) bond motifs is 1. The smallest absolute Gasteiger partial charge is 0.219 e. The Bertz CT molecular complexity index is 1130. The van der Waals surface area contributed by atoms with E-state index in [0.29, 0.717) is 54.0 Å². The first-order valence-electron chi connectivity index (χ1n) is 9.76. The van der Waals surface area contributed by atoms with Gasteiger partial charge in [-0.2, -0.15) is 0 Å². The highest BCUT2D eigenvalue weighted by atomic mass is 19.1. The summed E-state index contributed by atoms with van der Waals surface area (Å²) in [5.74, 6) is -0.930. The Morgan fingerprint density at radius 1 is 1.13 bits per heavy atom. The standard InChI is InChI=1S/C22H22F2N4O2/c1-14(29)27-7-2-8-28(10-9-27)21-6-4-16(12-19(21)24)25-13-18-17-11-15(23)3-5-20(17)26-22(18)30/h3-6,11-13,26,30H,2,7-10H2,1H3. The summed E-state index contributed by atoms with van der Waals surface area (Å²) in [5.41, 5.74) is 1.77. The van der Waals surface area contributed by atoms with Gasteiger partial charge in [0.25, 0.3) is 0 Å². The Labute approximate surface area is 172 Å². The lowest BCUT2D eigenvalue weighted by Crippen LogP contribution is -2.33. The van der Waals surface area contributed by atoms with E-state index in [-0.39, 0.29) is 11.8 Å². The van der Waals surface area contributed by atoms with Gasteiger partial charge in [-0.25, -0.2) is 8.78 Å². The van der Waals surface area contributed by atoms with Gasteiger partial charge in [-0.3, -0.25) is 9.79 Å². The molecule has 0 unspecified atom stereocenters. The predicted octanol–water partition coefficient (Wildman–Crippen LogP) is 3.96. The van der Waals surface area contributed by atoms with Crippen LogP contribution in [0.2, 0.25) is 0 Å². The Kier molecular flexibility index (Phi) is 5.39. The molecule has 1 fully saturated rings. The van der Waals surface area contributed by atoms with Gasteiger partial charge in [0.15, 0.2) is 5.88 Å². The van der Waals surface area contributed by atoms with E-state index in [1.54, 1.807) is 24.0 Å². The molecule has 2 aromatic carbocycles. The molecule has 2 heterocycles. The van der Waals surface area contributed by atoms with Gasteiger partial charge in [0.1, 0.15) is 11.6 Å². The van der Waals surface area contributed by atoms with Crippen LogP contribution in [0.3, 0.4) is 0 Å². The molecular weight excluding hydrogens is 390 g/mol. The van der Waals surface area contributed by atoms with Gasteiger partial charge in [-0.05, 0) is 36.8 Å². The summed E-state index contributed by atoms with van der Waals surface area (Å²) in [5, 5.41) is 10.6. The summed E-state index contributed by atoms with van der Waals surface area (Å²) in [7, 11) is 0. The number of hydrogen-bond acceptors (Lipinski definition) is 4. The number of aromatic amines is 1. The summed E-state index contributed by atoms with van der Waals surface area (Å²) in [4.78, 5) is 22.3. The molecule has 0 atom stereocenters. The van der Waals surface area contributed by atoms with E-state index in [1.807, 2.05) is 4.90 Å². The number of carbonyl (C=O) groups is 1. The van der Waals surface area contributed by atoms with Gasteiger partial charge >= 0.3 is 0 Å². The van der Waals surface area contributed by atoms with E-state index < -0.39 is 11.6 Å². The predicted molar refractivity (Wildman–Crippen MR) is 113 cm³/mol. The Morgan fingerprint density at radius 3 is 2.73 bits per heavy atom. The molecule has 1 aliphatic rings. The van der Waals surface area contributed by atoms with Gasteiger partial charge in [-0.1, -0.05) is 0 Å². The molecule has 156 valence electrons. The zero-order chi connectivity index (χ0) is 21.3. The molecule has 1 aliphatic heterocycles. The largest absolute Gasteiger partial charge is 0.494 e. The first kappa shape index (κ1) is 19.9. The number of hydrogen-bond donors (Lipinski definition) is 2. The van der Waals surface area contributed by atoms with Crippen LogP contribution in [-0.2, 0) is 4.79 Å². The van der Waals surface area contributed by atoms with Gasteiger partial charge in [0, 0.05) is 56.3 Å². The average molecular weight is 412 g/mol. The summed E-state index contributed by atoms with van der Waals surface area (Å²) in [6.07, 6.45) is 2.16. The minimum atomic E-state index is -0.424. The van der Waals surface area contributed by atoms with Gasteiger partial charge in [-0.15, -0.1) is 0 Å². The minimum absolute atomic E-state index is 0.0300. The van der Waals surface area contributed by atoms with Crippen LogP contribution in [-0.4, -0.2) is 53.3 Å². The quantitative estimate of drug-likeness (QED) is 0.640. The van der Waals surface area contributed by atoms with E-state index in [0.717, 1.165) is 6.42 Å². The monoisotopic (exact) mass is 412 g/mol. The topological polar surface area (TPSA) is 71.9 Å². The highest BCUT2D eigenvalue weighted by Crippen LogP contribution is 2.29. The fourth-order valence-corrected chi connectivity index (χ4v) is 3.75. The van der Waals surface area contributed by atoms with Crippen LogP contribution in [0, 0.1) is 11.6 Å². The van der Waals surface area contributed by atoms with Gasteiger partial charge in [0.2, 0.25) is 5.91 Å². The third kappa shape index (κ3) is 3.98. The number of benzene rings is 2. The van der Waals surface area contributed by atoms with E-state index in [1.165, 1.54) is 30.5 Å². The number of aromatic nitrogens is 1. The average Bonchev–Trinajstić information content (AvgIpc) is 2.87. The number of carbonyl (C=O) groups excluding carboxylic acids is 1. The first-order chi connectivity index (χ1) is 14.4. The molecule has 0 aliphatic carbocycles. The lowest BCUT2D eigenvalue weighted by molar-refractivity contribution is -0.128. The number of nitrogens with one attached hydrogen (secondary N) is 1. The van der Waals surface area contributed by atoms with Crippen molar-refractivity contribution in [1.82, 2.24) is 9.88 Å². The normalized spacial score (nSPS) is 15.2. The molecule has 4 rings (SSSR count). The summed E-state index contributed by atoms with van der Waals surface area (Å²) in [6.45, 7) is 4.00. The second kappa shape index (κ2) is 8.14. The fourth-order valence-electron chi connectivity index (χ4n) is 3.75. The van der Waals surface area contributed by atoms with Gasteiger partial charge in [0.05, 0.1) is 16.9 Å². The number of nitrogens with zero attached hydrogens (tertiary/aromatic N) is 3. The molecule has 1 amide bonds. The summed E-state index contributed by atoms with van der Waals surface area (Å²) < 4.78 is 28.3. The van der Waals surface area contributed by atoms with Crippen molar-refractivity contribution in [3.8, 4) is 5.88 Å². The number of aliphatic imine (C=N–C) groups is 1. The summed E-state index contributed by atoms with van der Waals surface area (Å²) >= 11 is 0. The van der Waals surface area contributed by atoms with Gasteiger partial charge < -0.3 is 19.9 Å². The van der Waals surface area contributed by atoms with E-state index in [9.17, 15) is 18.7 Å². The Morgan fingerprint density at radius 2 is 1.97 bits per heavy atom. The third-order valence-corrected chi connectivity index (χ3v) is 5.34. The van der Waals surface area contributed by atoms with E-state index in [4.69, 9.17) is 0 Å². The lowest BCUT2D eigenvalue weighted by Gasteiger charge is -2.23. The first-order valence-corrected chi connectivity index (χ1v) is 9.76. The van der Waals surface area contributed by atoms with Crippen molar-refractivity contribution in [2.24, 2.45) is 4.99 Å². The third-order valence-electron chi connectivity index (χ3n) is 5.34. The molecule has 0 spiro atoms.